The van der Waals surface area contributed by atoms with Gasteiger partial charge in [0.25, 0.3) is 0 Å². The topological polar surface area (TPSA) is 74.0 Å². The zero-order valence-corrected chi connectivity index (χ0v) is 10.8. The van der Waals surface area contributed by atoms with Crippen molar-refractivity contribution in [3.63, 3.8) is 0 Å². The molecule has 0 saturated heterocycles. The second kappa shape index (κ2) is 6.15. The number of hydrogen-bond donors (Lipinski definition) is 3. The summed E-state index contributed by atoms with van der Waals surface area (Å²) in [5.74, 6) is -0.167. The second-order valence-electron chi connectivity index (χ2n) is 4.32. The Balaban J connectivity index is 2.13. The number of hydrogen-bond acceptors (Lipinski definition) is 3. The van der Waals surface area contributed by atoms with E-state index >= 15 is 0 Å². The molecule has 1 atom stereocenters. The maximum Gasteiger partial charge on any atom is 0.237 e. The van der Waals surface area contributed by atoms with Crippen molar-refractivity contribution in [1.82, 2.24) is 15.6 Å². The Morgan fingerprint density at radius 1 is 1.42 bits per heavy atom. The van der Waals surface area contributed by atoms with Gasteiger partial charge in [0, 0.05) is 17.1 Å². The Morgan fingerprint density at radius 3 is 2.95 bits per heavy atom. The van der Waals surface area contributed by atoms with Crippen molar-refractivity contribution in [2.24, 2.45) is 0 Å². The lowest BCUT2D eigenvalue weighted by Crippen LogP contribution is -2.44. The zero-order valence-electron chi connectivity index (χ0n) is 10.8. The van der Waals surface area contributed by atoms with Crippen LogP contribution in [0.1, 0.15) is 5.56 Å². The van der Waals surface area contributed by atoms with Crippen molar-refractivity contribution < 1.29 is 9.59 Å². The van der Waals surface area contributed by atoms with E-state index in [2.05, 4.69) is 15.6 Å². The smallest absolute Gasteiger partial charge is 0.237 e. The van der Waals surface area contributed by atoms with Gasteiger partial charge in [-0.05, 0) is 25.1 Å². The fourth-order valence-electron chi connectivity index (χ4n) is 2.11. The standard InChI is InChI=1S/C14H17N3O2/c1-15-13(14(19)16-6-7-18)8-10-9-17-12-5-3-2-4-11(10)12/h2-5,7,9,13,15,17H,6,8H2,1H3,(H,16,19)/t13-/m0/s1. The number of carbonyl (C=O) groups is 2. The fraction of sp³-hybridized carbons (Fsp3) is 0.286. The fourth-order valence-corrected chi connectivity index (χ4v) is 2.11. The summed E-state index contributed by atoms with van der Waals surface area (Å²) in [5, 5.41) is 6.65. The lowest BCUT2D eigenvalue weighted by molar-refractivity contribution is -0.124. The van der Waals surface area contributed by atoms with E-state index in [0.717, 1.165) is 16.5 Å². The Labute approximate surface area is 111 Å². The van der Waals surface area contributed by atoms with Crippen LogP contribution in [0.25, 0.3) is 10.9 Å². The lowest BCUT2D eigenvalue weighted by Gasteiger charge is -2.14. The van der Waals surface area contributed by atoms with Crippen LogP contribution in [-0.4, -0.2) is 36.8 Å². The van der Waals surface area contributed by atoms with E-state index in [1.54, 1.807) is 7.05 Å². The predicted octanol–water partition coefficient (Wildman–Crippen LogP) is 0.613. The van der Waals surface area contributed by atoms with Gasteiger partial charge >= 0.3 is 0 Å². The molecule has 2 rings (SSSR count). The van der Waals surface area contributed by atoms with Crippen molar-refractivity contribution in [3.05, 3.63) is 36.0 Å². The molecule has 19 heavy (non-hydrogen) atoms. The van der Waals surface area contributed by atoms with Gasteiger partial charge in [-0.1, -0.05) is 18.2 Å². The number of para-hydroxylation sites is 1. The average molecular weight is 259 g/mol. The van der Waals surface area contributed by atoms with Crippen LogP contribution in [0.5, 0.6) is 0 Å². The first-order valence-electron chi connectivity index (χ1n) is 6.20. The number of nitrogens with one attached hydrogen (secondary N) is 3. The summed E-state index contributed by atoms with van der Waals surface area (Å²) in [5.41, 5.74) is 2.14. The van der Waals surface area contributed by atoms with E-state index in [0.29, 0.717) is 12.7 Å². The Kier molecular flexibility index (Phi) is 4.30. The highest BCUT2D eigenvalue weighted by Crippen LogP contribution is 2.18. The molecule has 0 spiro atoms. The average Bonchev–Trinajstić information content (AvgIpc) is 2.85. The molecule has 1 amide bonds. The number of rotatable bonds is 6. The van der Waals surface area contributed by atoms with Gasteiger partial charge in [-0.2, -0.15) is 0 Å². The molecular weight excluding hydrogens is 242 g/mol. The van der Waals surface area contributed by atoms with Gasteiger partial charge in [-0.25, -0.2) is 0 Å². The summed E-state index contributed by atoms with van der Waals surface area (Å²) in [6.45, 7) is 0.0465. The molecule has 0 aliphatic carbocycles. The number of aldehydes is 1. The first-order chi connectivity index (χ1) is 9.26. The second-order valence-corrected chi connectivity index (χ2v) is 4.32. The summed E-state index contributed by atoms with van der Waals surface area (Å²) >= 11 is 0. The summed E-state index contributed by atoms with van der Waals surface area (Å²) < 4.78 is 0. The predicted molar refractivity (Wildman–Crippen MR) is 73.9 cm³/mol. The third-order valence-corrected chi connectivity index (χ3v) is 3.12. The number of aromatic amines is 1. The molecule has 0 fully saturated rings. The molecule has 1 aromatic carbocycles. The Hall–Kier alpha value is -2.14. The van der Waals surface area contributed by atoms with E-state index < -0.39 is 0 Å². The summed E-state index contributed by atoms with van der Waals surface area (Å²) in [6.07, 6.45) is 3.17. The van der Waals surface area contributed by atoms with Gasteiger partial charge < -0.3 is 20.4 Å². The van der Waals surface area contributed by atoms with E-state index in [1.165, 1.54) is 0 Å². The van der Waals surface area contributed by atoms with Gasteiger partial charge in [0.2, 0.25) is 5.91 Å². The van der Waals surface area contributed by atoms with Crippen LogP contribution in [0.4, 0.5) is 0 Å². The van der Waals surface area contributed by atoms with Gasteiger partial charge in [0.15, 0.2) is 0 Å². The highest BCUT2D eigenvalue weighted by atomic mass is 16.2. The van der Waals surface area contributed by atoms with E-state index in [1.807, 2.05) is 30.5 Å². The number of carbonyl (C=O) groups excluding carboxylic acids is 2. The minimum Gasteiger partial charge on any atom is -0.361 e. The summed E-state index contributed by atoms with van der Waals surface area (Å²) in [6, 6.07) is 7.62. The van der Waals surface area contributed by atoms with Crippen molar-refractivity contribution in [3.8, 4) is 0 Å². The quantitative estimate of drug-likeness (QED) is 0.666. The molecule has 1 aromatic heterocycles. The molecule has 0 unspecified atom stereocenters. The molecule has 0 aliphatic heterocycles. The van der Waals surface area contributed by atoms with Gasteiger partial charge in [-0.3, -0.25) is 4.79 Å². The van der Waals surface area contributed by atoms with Gasteiger partial charge in [-0.15, -0.1) is 0 Å². The van der Waals surface area contributed by atoms with Crippen LogP contribution in [0.2, 0.25) is 0 Å². The molecule has 0 radical (unpaired) electrons. The van der Waals surface area contributed by atoms with Crippen molar-refractivity contribution in [1.29, 1.82) is 0 Å². The van der Waals surface area contributed by atoms with Crippen molar-refractivity contribution >= 4 is 23.1 Å². The van der Waals surface area contributed by atoms with Crippen molar-refractivity contribution in [2.45, 2.75) is 12.5 Å². The van der Waals surface area contributed by atoms with Crippen LogP contribution in [0.15, 0.2) is 30.5 Å². The van der Waals surface area contributed by atoms with Gasteiger partial charge in [0.05, 0.1) is 12.6 Å². The molecular formula is C14H17N3O2. The summed E-state index contributed by atoms with van der Waals surface area (Å²) in [4.78, 5) is 25.3. The molecule has 0 saturated carbocycles. The third kappa shape index (κ3) is 3.00. The first-order valence-corrected chi connectivity index (χ1v) is 6.20. The number of likely N-dealkylation sites (N-methyl/N-ethyl adjacent to an activating group) is 1. The van der Waals surface area contributed by atoms with Crippen LogP contribution >= 0.6 is 0 Å². The van der Waals surface area contributed by atoms with Crippen LogP contribution in [-0.2, 0) is 16.0 Å². The van der Waals surface area contributed by atoms with E-state index in [-0.39, 0.29) is 18.5 Å². The SMILES string of the molecule is CN[C@@H](Cc1c[nH]c2ccccc12)C(=O)NCC=O. The lowest BCUT2D eigenvalue weighted by atomic mass is 10.0. The normalized spacial score (nSPS) is 12.3. The zero-order chi connectivity index (χ0) is 13.7. The minimum atomic E-state index is -0.348. The highest BCUT2D eigenvalue weighted by molar-refractivity contribution is 5.86. The molecule has 1 heterocycles. The molecule has 100 valence electrons. The monoisotopic (exact) mass is 259 g/mol. The highest BCUT2D eigenvalue weighted by Gasteiger charge is 2.17. The molecule has 0 bridgehead atoms. The first kappa shape index (κ1) is 13.3. The van der Waals surface area contributed by atoms with Gasteiger partial charge in [0.1, 0.15) is 6.29 Å². The number of benzene rings is 1. The van der Waals surface area contributed by atoms with Crippen LogP contribution in [0, 0.1) is 0 Å². The summed E-state index contributed by atoms with van der Waals surface area (Å²) in [7, 11) is 1.74. The number of amides is 1. The molecule has 0 aliphatic rings. The number of fused-ring (bicyclic) bond motifs is 1. The van der Waals surface area contributed by atoms with Crippen molar-refractivity contribution in [2.75, 3.05) is 13.6 Å². The van der Waals surface area contributed by atoms with E-state index in [4.69, 9.17) is 0 Å². The maximum absolute atomic E-state index is 11.9. The van der Waals surface area contributed by atoms with E-state index in [9.17, 15) is 9.59 Å². The Bertz CT molecular complexity index is 577. The number of H-pyrrole nitrogens is 1. The molecule has 2 aromatic rings. The molecule has 3 N–H and O–H groups in total. The number of aromatic nitrogens is 1. The molecule has 5 nitrogen and oxygen atoms in total. The maximum atomic E-state index is 11.9. The Morgan fingerprint density at radius 2 is 2.21 bits per heavy atom. The van der Waals surface area contributed by atoms with Crippen LogP contribution in [0.3, 0.4) is 0 Å². The third-order valence-electron chi connectivity index (χ3n) is 3.12. The van der Waals surface area contributed by atoms with Crippen LogP contribution < -0.4 is 10.6 Å². The minimum absolute atomic E-state index is 0.0465. The molecule has 5 heteroatoms. The largest absolute Gasteiger partial charge is 0.361 e.